The van der Waals surface area contributed by atoms with Gasteiger partial charge in [-0.1, -0.05) is 35.3 Å². The molecule has 1 aliphatic rings. The maximum atomic E-state index is 12.8. The molecule has 0 bridgehead atoms. The number of hydrogen-bond donors (Lipinski definition) is 1. The van der Waals surface area contributed by atoms with E-state index in [4.69, 9.17) is 23.2 Å². The van der Waals surface area contributed by atoms with E-state index >= 15 is 0 Å². The lowest BCUT2D eigenvalue weighted by molar-refractivity contribution is -0.137. The maximum absolute atomic E-state index is 12.8. The second kappa shape index (κ2) is 5.39. The predicted molar refractivity (Wildman–Crippen MR) is 85.0 cm³/mol. The Hall–Kier alpha value is -1.72. The first-order valence-corrected chi connectivity index (χ1v) is 7.73. The Balaban J connectivity index is 2.07. The highest BCUT2D eigenvalue weighted by Crippen LogP contribution is 2.47. The number of phenolic OH excluding ortho intramolecular Hbond substituents is 1. The third-order valence-corrected chi connectivity index (χ3v) is 5.25. The Bertz CT molecular complexity index is 844. The van der Waals surface area contributed by atoms with Gasteiger partial charge in [0.1, 0.15) is 10.8 Å². The highest BCUT2D eigenvalue weighted by molar-refractivity contribution is 6.45. The van der Waals surface area contributed by atoms with E-state index in [1.54, 1.807) is 6.92 Å². The number of rotatable bonds is 1. The highest BCUT2D eigenvalue weighted by Gasteiger charge is 2.45. The van der Waals surface area contributed by atoms with Gasteiger partial charge >= 0.3 is 6.18 Å². The van der Waals surface area contributed by atoms with Crippen molar-refractivity contribution >= 4 is 29.0 Å². The summed E-state index contributed by atoms with van der Waals surface area (Å²) in [5.41, 5.74) is -0.663. The zero-order valence-electron chi connectivity index (χ0n) is 12.3. The van der Waals surface area contributed by atoms with E-state index < -0.39 is 17.2 Å². The third-order valence-electron chi connectivity index (χ3n) is 4.39. The summed E-state index contributed by atoms with van der Waals surface area (Å²) in [6.45, 7) is 1.64. The molecular weight excluding hydrogens is 364 g/mol. The third kappa shape index (κ3) is 2.47. The Morgan fingerprint density at radius 3 is 2.25 bits per heavy atom. The van der Waals surface area contributed by atoms with Crippen LogP contribution in [0.3, 0.4) is 0 Å². The number of carbonyl (C=O) groups is 1. The van der Waals surface area contributed by atoms with Crippen molar-refractivity contribution in [1.29, 1.82) is 0 Å². The number of alkyl halides is 3. The Morgan fingerprint density at radius 1 is 1.12 bits per heavy atom. The summed E-state index contributed by atoms with van der Waals surface area (Å²) in [6, 6.07) is 5.85. The fourth-order valence-electron chi connectivity index (χ4n) is 3.05. The lowest BCUT2D eigenvalue weighted by Crippen LogP contribution is -2.29. The zero-order chi connectivity index (χ0) is 17.9. The Kier molecular flexibility index (Phi) is 3.85. The van der Waals surface area contributed by atoms with Crippen LogP contribution in [0.1, 0.15) is 34.0 Å². The Labute approximate surface area is 145 Å². The molecule has 2 aromatic carbocycles. The fourth-order valence-corrected chi connectivity index (χ4v) is 3.50. The summed E-state index contributed by atoms with van der Waals surface area (Å²) in [6.07, 6.45) is -4.22. The second-order valence-electron chi connectivity index (χ2n) is 5.97. The number of aromatic hydroxyl groups is 1. The number of halogens is 5. The number of hydrogen-bond acceptors (Lipinski definition) is 2. The molecule has 7 heteroatoms. The summed E-state index contributed by atoms with van der Waals surface area (Å²) in [5, 5.41) is 9.62. The van der Waals surface area contributed by atoms with Crippen LogP contribution in [0.25, 0.3) is 0 Å². The molecule has 0 saturated heterocycles. The molecule has 0 aliphatic heterocycles. The molecule has 0 amide bonds. The highest BCUT2D eigenvalue weighted by atomic mass is 35.5. The maximum Gasteiger partial charge on any atom is 0.416 e. The first kappa shape index (κ1) is 17.1. The van der Waals surface area contributed by atoms with Crippen molar-refractivity contribution in [3.05, 3.63) is 62.6 Å². The van der Waals surface area contributed by atoms with Gasteiger partial charge in [-0.15, -0.1) is 0 Å². The summed E-state index contributed by atoms with van der Waals surface area (Å²) in [7, 11) is 0. The van der Waals surface area contributed by atoms with E-state index in [1.807, 2.05) is 0 Å². The van der Waals surface area contributed by atoms with Crippen molar-refractivity contribution in [3.63, 3.8) is 0 Å². The van der Waals surface area contributed by atoms with Crippen molar-refractivity contribution < 1.29 is 23.1 Å². The topological polar surface area (TPSA) is 37.3 Å². The average molecular weight is 375 g/mol. The molecule has 1 atom stereocenters. The van der Waals surface area contributed by atoms with Crippen LogP contribution in [-0.4, -0.2) is 10.9 Å². The minimum absolute atomic E-state index is 0.0349. The SMILES string of the molecule is CC1(c2ccc(C(F)(F)F)cc2)Cc2cc(O)c(Cl)c(Cl)c2C1=O. The molecule has 0 radical (unpaired) electrons. The number of ketones is 1. The molecule has 2 aromatic rings. The van der Waals surface area contributed by atoms with Gasteiger partial charge in [0.15, 0.2) is 5.78 Å². The second-order valence-corrected chi connectivity index (χ2v) is 6.73. The van der Waals surface area contributed by atoms with Crippen LogP contribution in [0.5, 0.6) is 5.75 Å². The van der Waals surface area contributed by atoms with E-state index in [2.05, 4.69) is 0 Å². The monoisotopic (exact) mass is 374 g/mol. The van der Waals surface area contributed by atoms with E-state index in [0.29, 0.717) is 11.1 Å². The molecule has 1 unspecified atom stereocenters. The van der Waals surface area contributed by atoms with Gasteiger partial charge in [0.05, 0.1) is 16.0 Å². The average Bonchev–Trinajstić information content (AvgIpc) is 2.76. The number of phenols is 1. The molecule has 24 heavy (non-hydrogen) atoms. The smallest absolute Gasteiger partial charge is 0.416 e. The van der Waals surface area contributed by atoms with Crippen LogP contribution in [0, 0.1) is 0 Å². The van der Waals surface area contributed by atoms with Crippen molar-refractivity contribution in [2.24, 2.45) is 0 Å². The first-order chi connectivity index (χ1) is 11.1. The van der Waals surface area contributed by atoms with Gasteiger partial charge < -0.3 is 5.11 Å². The minimum atomic E-state index is -4.44. The van der Waals surface area contributed by atoms with Crippen LogP contribution in [-0.2, 0) is 18.0 Å². The van der Waals surface area contributed by atoms with Crippen LogP contribution in [0.4, 0.5) is 13.2 Å². The molecule has 0 spiro atoms. The molecule has 126 valence electrons. The lowest BCUT2D eigenvalue weighted by Gasteiger charge is -2.23. The van der Waals surface area contributed by atoms with E-state index in [0.717, 1.165) is 12.1 Å². The molecule has 1 N–H and O–H groups in total. The normalized spacial score (nSPS) is 20.3. The molecule has 0 heterocycles. The summed E-state index contributed by atoms with van der Waals surface area (Å²) in [4.78, 5) is 12.8. The first-order valence-electron chi connectivity index (χ1n) is 6.98. The van der Waals surface area contributed by atoms with Gasteiger partial charge in [-0.25, -0.2) is 0 Å². The van der Waals surface area contributed by atoms with Gasteiger partial charge in [-0.05, 0) is 42.7 Å². The number of benzene rings is 2. The molecule has 3 rings (SSSR count). The largest absolute Gasteiger partial charge is 0.506 e. The van der Waals surface area contributed by atoms with Crippen molar-refractivity contribution in [1.82, 2.24) is 0 Å². The van der Waals surface area contributed by atoms with Crippen molar-refractivity contribution in [2.75, 3.05) is 0 Å². The van der Waals surface area contributed by atoms with Gasteiger partial charge in [-0.3, -0.25) is 4.79 Å². The lowest BCUT2D eigenvalue weighted by atomic mass is 9.78. The quantitative estimate of drug-likeness (QED) is 0.723. The predicted octanol–water partition coefficient (Wildman–Crippen LogP) is 5.41. The summed E-state index contributed by atoms with van der Waals surface area (Å²) < 4.78 is 38.1. The standard InChI is InChI=1S/C17H11Cl2F3O2/c1-16(9-2-4-10(5-3-9)17(20,21)22)7-8-6-11(23)13(18)14(19)12(8)15(16)24/h2-6,23H,7H2,1H3. The van der Waals surface area contributed by atoms with Gasteiger partial charge in [0, 0.05) is 5.56 Å². The van der Waals surface area contributed by atoms with Crippen LogP contribution in [0.15, 0.2) is 30.3 Å². The zero-order valence-corrected chi connectivity index (χ0v) is 13.9. The van der Waals surface area contributed by atoms with Crippen LogP contribution >= 0.6 is 23.2 Å². The summed E-state index contributed by atoms with van der Waals surface area (Å²) >= 11 is 12.0. The number of fused-ring (bicyclic) bond motifs is 1. The van der Waals surface area contributed by atoms with E-state index in [-0.39, 0.29) is 33.6 Å². The fraction of sp³-hybridized carbons (Fsp3) is 0.235. The van der Waals surface area contributed by atoms with E-state index in [1.165, 1.54) is 18.2 Å². The molecule has 1 aliphatic carbocycles. The van der Waals surface area contributed by atoms with Crippen molar-refractivity contribution in [3.8, 4) is 5.75 Å². The van der Waals surface area contributed by atoms with Gasteiger partial charge in [-0.2, -0.15) is 13.2 Å². The van der Waals surface area contributed by atoms with Crippen LogP contribution < -0.4 is 0 Å². The van der Waals surface area contributed by atoms with Crippen molar-refractivity contribution in [2.45, 2.75) is 24.9 Å². The molecule has 2 nitrogen and oxygen atoms in total. The Morgan fingerprint density at radius 2 is 1.71 bits per heavy atom. The molecule has 0 fully saturated rings. The number of Topliss-reactive ketones (excluding diaryl/α,β-unsaturated/α-hetero) is 1. The number of carbonyl (C=O) groups excluding carboxylic acids is 1. The molecule has 0 saturated carbocycles. The van der Waals surface area contributed by atoms with Crippen LogP contribution in [0.2, 0.25) is 10.0 Å². The minimum Gasteiger partial charge on any atom is -0.506 e. The molecule has 0 aromatic heterocycles. The summed E-state index contributed by atoms with van der Waals surface area (Å²) in [5.74, 6) is -0.561. The van der Waals surface area contributed by atoms with Gasteiger partial charge in [0.2, 0.25) is 0 Å². The molecular formula is C17H11Cl2F3O2. The van der Waals surface area contributed by atoms with Gasteiger partial charge in [0.25, 0.3) is 0 Å². The van der Waals surface area contributed by atoms with E-state index in [9.17, 15) is 23.1 Å².